The van der Waals surface area contributed by atoms with Crippen LogP contribution in [-0.4, -0.2) is 33.8 Å². The van der Waals surface area contributed by atoms with Crippen molar-refractivity contribution in [2.24, 2.45) is 0 Å². The number of ether oxygens (including phenoxy) is 3. The third kappa shape index (κ3) is 3.06. The van der Waals surface area contributed by atoms with Gasteiger partial charge in [0.15, 0.2) is 11.5 Å². The first-order valence-corrected chi connectivity index (χ1v) is 8.63. The van der Waals surface area contributed by atoms with Crippen LogP contribution in [0.4, 0.5) is 0 Å². The van der Waals surface area contributed by atoms with Gasteiger partial charge in [0.1, 0.15) is 0 Å². The lowest BCUT2D eigenvalue weighted by molar-refractivity contribution is 0.0949. The van der Waals surface area contributed by atoms with Crippen LogP contribution in [0.25, 0.3) is 0 Å². The van der Waals surface area contributed by atoms with Gasteiger partial charge in [-0.15, -0.1) is 11.3 Å². The highest BCUT2D eigenvalue weighted by molar-refractivity contribution is 7.10. The van der Waals surface area contributed by atoms with Gasteiger partial charge in [-0.2, -0.15) is 0 Å². The van der Waals surface area contributed by atoms with Crippen molar-refractivity contribution in [3.05, 3.63) is 40.1 Å². The molecule has 1 aliphatic rings. The third-order valence-electron chi connectivity index (χ3n) is 4.41. The minimum Gasteiger partial charge on any atom is -0.493 e. The van der Waals surface area contributed by atoms with Crippen LogP contribution in [0.15, 0.2) is 29.6 Å². The molecule has 3 rings (SSSR count). The van der Waals surface area contributed by atoms with Gasteiger partial charge in [0.25, 0.3) is 5.91 Å². The minimum absolute atomic E-state index is 0.116. The fraction of sp³-hybridized carbons (Fsp3) is 0.389. The van der Waals surface area contributed by atoms with E-state index in [-0.39, 0.29) is 11.3 Å². The number of methoxy groups -OCH3 is 3. The van der Waals surface area contributed by atoms with E-state index in [4.69, 9.17) is 14.2 Å². The monoisotopic (exact) mass is 347 g/mol. The predicted molar refractivity (Wildman–Crippen MR) is 93.7 cm³/mol. The summed E-state index contributed by atoms with van der Waals surface area (Å²) in [5, 5.41) is 5.13. The Balaban J connectivity index is 1.76. The smallest absolute Gasteiger partial charge is 0.251 e. The minimum atomic E-state index is -0.142. The molecule has 1 aromatic carbocycles. The Morgan fingerprint density at radius 1 is 1.17 bits per heavy atom. The Morgan fingerprint density at radius 3 is 2.29 bits per heavy atom. The van der Waals surface area contributed by atoms with Gasteiger partial charge in [-0.05, 0) is 36.4 Å². The van der Waals surface area contributed by atoms with E-state index >= 15 is 0 Å². The molecule has 1 aliphatic carbocycles. The zero-order valence-corrected chi connectivity index (χ0v) is 14.9. The van der Waals surface area contributed by atoms with E-state index in [9.17, 15) is 4.79 Å². The summed E-state index contributed by atoms with van der Waals surface area (Å²) in [6, 6.07) is 7.53. The zero-order valence-electron chi connectivity index (χ0n) is 14.0. The second-order valence-corrected chi connectivity index (χ2v) is 6.80. The maximum atomic E-state index is 12.6. The van der Waals surface area contributed by atoms with E-state index in [1.165, 1.54) is 26.2 Å². The molecule has 128 valence electrons. The molecule has 5 nitrogen and oxygen atoms in total. The summed E-state index contributed by atoms with van der Waals surface area (Å²) in [7, 11) is 4.61. The molecule has 0 atom stereocenters. The fourth-order valence-electron chi connectivity index (χ4n) is 2.81. The highest BCUT2D eigenvalue weighted by Gasteiger charge is 2.45. The standard InChI is InChI=1S/C18H21NO4S/c1-21-13-9-12(10-14(22-2)16(13)23-3)17(20)19-11-18(6-7-18)15-5-4-8-24-15/h4-5,8-10H,6-7,11H2,1-3H3,(H,19,20). The average Bonchev–Trinajstić information content (AvgIpc) is 3.20. The summed E-state index contributed by atoms with van der Waals surface area (Å²) in [6.07, 6.45) is 2.23. The molecule has 1 amide bonds. The van der Waals surface area contributed by atoms with Crippen LogP contribution in [-0.2, 0) is 5.41 Å². The van der Waals surface area contributed by atoms with Crippen LogP contribution in [0.5, 0.6) is 17.2 Å². The van der Waals surface area contributed by atoms with Gasteiger partial charge in [0.05, 0.1) is 21.3 Å². The molecule has 1 N–H and O–H groups in total. The maximum absolute atomic E-state index is 12.6. The van der Waals surface area contributed by atoms with Crippen molar-refractivity contribution >= 4 is 17.2 Å². The van der Waals surface area contributed by atoms with Crippen molar-refractivity contribution in [1.29, 1.82) is 0 Å². The van der Waals surface area contributed by atoms with Crippen molar-refractivity contribution < 1.29 is 19.0 Å². The Labute approximate surface area is 145 Å². The molecule has 1 fully saturated rings. The van der Waals surface area contributed by atoms with Crippen LogP contribution < -0.4 is 19.5 Å². The topological polar surface area (TPSA) is 56.8 Å². The molecule has 6 heteroatoms. The molecular formula is C18H21NO4S. The number of nitrogens with one attached hydrogen (secondary N) is 1. The number of thiophene rings is 1. The Hall–Kier alpha value is -2.21. The first-order valence-electron chi connectivity index (χ1n) is 7.76. The second kappa shape index (κ2) is 6.73. The molecule has 2 aromatic rings. The maximum Gasteiger partial charge on any atom is 0.251 e. The van der Waals surface area contributed by atoms with Crippen LogP contribution in [0.3, 0.4) is 0 Å². The first kappa shape index (κ1) is 16.6. The molecule has 1 saturated carbocycles. The number of hydrogen-bond donors (Lipinski definition) is 1. The summed E-state index contributed by atoms with van der Waals surface area (Å²) in [4.78, 5) is 13.9. The lowest BCUT2D eigenvalue weighted by atomic mass is 10.0. The normalized spacial score (nSPS) is 14.8. The summed E-state index contributed by atoms with van der Waals surface area (Å²) in [5.74, 6) is 1.29. The molecule has 24 heavy (non-hydrogen) atoms. The molecule has 0 saturated heterocycles. The Morgan fingerprint density at radius 2 is 1.83 bits per heavy atom. The molecule has 1 heterocycles. The van der Waals surface area contributed by atoms with Gasteiger partial charge in [-0.1, -0.05) is 6.07 Å². The molecule has 0 spiro atoms. The van der Waals surface area contributed by atoms with Gasteiger partial charge < -0.3 is 19.5 Å². The number of hydrogen-bond acceptors (Lipinski definition) is 5. The van der Waals surface area contributed by atoms with Crippen molar-refractivity contribution in [1.82, 2.24) is 5.32 Å². The van der Waals surface area contributed by atoms with Crippen molar-refractivity contribution in [2.45, 2.75) is 18.3 Å². The van der Waals surface area contributed by atoms with E-state index in [0.717, 1.165) is 12.8 Å². The van der Waals surface area contributed by atoms with E-state index in [2.05, 4.69) is 22.8 Å². The molecular weight excluding hydrogens is 326 g/mol. The van der Waals surface area contributed by atoms with Crippen molar-refractivity contribution in [3.8, 4) is 17.2 Å². The number of benzene rings is 1. The van der Waals surface area contributed by atoms with E-state index in [1.807, 2.05) is 0 Å². The average molecular weight is 347 g/mol. The van der Waals surface area contributed by atoms with E-state index < -0.39 is 0 Å². The highest BCUT2D eigenvalue weighted by atomic mass is 32.1. The highest BCUT2D eigenvalue weighted by Crippen LogP contribution is 2.49. The van der Waals surface area contributed by atoms with Crippen molar-refractivity contribution in [2.75, 3.05) is 27.9 Å². The molecule has 1 aromatic heterocycles. The molecule has 0 aliphatic heterocycles. The van der Waals surface area contributed by atoms with Crippen LogP contribution in [0.1, 0.15) is 28.1 Å². The predicted octanol–water partition coefficient (Wildman–Crippen LogP) is 3.24. The first-order chi connectivity index (χ1) is 11.6. The molecule has 0 unspecified atom stereocenters. The lowest BCUT2D eigenvalue weighted by Crippen LogP contribution is -2.31. The van der Waals surface area contributed by atoms with E-state index in [0.29, 0.717) is 29.4 Å². The van der Waals surface area contributed by atoms with Crippen LogP contribution >= 0.6 is 11.3 Å². The number of rotatable bonds is 7. The van der Waals surface area contributed by atoms with Crippen LogP contribution in [0.2, 0.25) is 0 Å². The lowest BCUT2D eigenvalue weighted by Gasteiger charge is -2.16. The van der Waals surface area contributed by atoms with Crippen molar-refractivity contribution in [3.63, 3.8) is 0 Å². The largest absolute Gasteiger partial charge is 0.493 e. The summed E-state index contributed by atoms with van der Waals surface area (Å²) in [5.41, 5.74) is 0.608. The summed E-state index contributed by atoms with van der Waals surface area (Å²) < 4.78 is 15.9. The zero-order chi connectivity index (χ0) is 17.2. The number of carbonyl (C=O) groups is 1. The van der Waals surface area contributed by atoms with Gasteiger partial charge in [0.2, 0.25) is 5.75 Å². The molecule has 0 bridgehead atoms. The van der Waals surface area contributed by atoms with Gasteiger partial charge in [-0.3, -0.25) is 4.79 Å². The Bertz CT molecular complexity index is 698. The number of amides is 1. The van der Waals surface area contributed by atoms with Gasteiger partial charge >= 0.3 is 0 Å². The molecule has 0 radical (unpaired) electrons. The van der Waals surface area contributed by atoms with Crippen LogP contribution in [0, 0.1) is 0 Å². The van der Waals surface area contributed by atoms with Gasteiger partial charge in [-0.25, -0.2) is 0 Å². The third-order valence-corrected chi connectivity index (χ3v) is 5.53. The van der Waals surface area contributed by atoms with Gasteiger partial charge in [0, 0.05) is 22.4 Å². The number of carbonyl (C=O) groups excluding carboxylic acids is 1. The Kier molecular flexibility index (Phi) is 4.66. The second-order valence-electron chi connectivity index (χ2n) is 5.85. The quantitative estimate of drug-likeness (QED) is 0.835. The SMILES string of the molecule is COc1cc(C(=O)NCC2(c3cccs3)CC2)cc(OC)c1OC. The van der Waals surface area contributed by atoms with E-state index in [1.54, 1.807) is 23.5 Å². The fourth-order valence-corrected chi connectivity index (χ4v) is 3.79. The summed E-state index contributed by atoms with van der Waals surface area (Å²) in [6.45, 7) is 0.642. The summed E-state index contributed by atoms with van der Waals surface area (Å²) >= 11 is 1.75.